The van der Waals surface area contributed by atoms with Gasteiger partial charge in [-0.2, -0.15) is 0 Å². The average Bonchev–Trinajstić information content (AvgIpc) is 3.24. The van der Waals surface area contributed by atoms with Gasteiger partial charge in [0.2, 0.25) is 6.79 Å². The molecule has 6 heteroatoms. The molecule has 4 aliphatic heterocycles. The number of nitrogens with zero attached hydrogens (tertiary/aromatic N) is 2. The van der Waals surface area contributed by atoms with Crippen LogP contribution in [-0.2, 0) is 6.42 Å². The summed E-state index contributed by atoms with van der Waals surface area (Å²) in [5.41, 5.74) is 2.69. The van der Waals surface area contributed by atoms with Gasteiger partial charge in [-0.25, -0.2) is 4.79 Å². The van der Waals surface area contributed by atoms with Gasteiger partial charge in [-0.3, -0.25) is 4.90 Å². The van der Waals surface area contributed by atoms with E-state index in [1.807, 2.05) is 35.2 Å². The fraction of sp³-hybridized carbons (Fsp3) is 0.458. The molecule has 2 aromatic rings. The van der Waals surface area contributed by atoms with Crippen LogP contribution in [0.5, 0.6) is 17.2 Å². The molecular formula is C24H26N2O4. The highest BCUT2D eigenvalue weighted by molar-refractivity contribution is 5.71. The Morgan fingerprint density at radius 1 is 1.07 bits per heavy atom. The Balaban J connectivity index is 1.27. The lowest BCUT2D eigenvalue weighted by Crippen LogP contribution is -2.58. The zero-order valence-corrected chi connectivity index (χ0v) is 17.0. The average molecular weight is 406 g/mol. The molecule has 4 heterocycles. The van der Waals surface area contributed by atoms with Gasteiger partial charge in [-0.05, 0) is 67.0 Å². The summed E-state index contributed by atoms with van der Waals surface area (Å²) in [6, 6.07) is 14.2. The van der Waals surface area contributed by atoms with E-state index in [4.69, 9.17) is 14.2 Å². The van der Waals surface area contributed by atoms with Gasteiger partial charge in [0.15, 0.2) is 11.5 Å². The number of para-hydroxylation sites is 1. The molecule has 3 atom stereocenters. The van der Waals surface area contributed by atoms with E-state index in [0.29, 0.717) is 24.5 Å². The first-order valence-corrected chi connectivity index (χ1v) is 11.0. The normalized spacial score (nSPS) is 27.1. The van der Waals surface area contributed by atoms with Crippen molar-refractivity contribution >= 4 is 6.09 Å². The molecule has 3 unspecified atom stereocenters. The topological polar surface area (TPSA) is 51.2 Å². The predicted octanol–water partition coefficient (Wildman–Crippen LogP) is 4.00. The van der Waals surface area contributed by atoms with Crippen LogP contribution in [0.2, 0.25) is 0 Å². The first-order valence-electron chi connectivity index (χ1n) is 11.0. The van der Waals surface area contributed by atoms with Gasteiger partial charge in [0.25, 0.3) is 0 Å². The quantitative estimate of drug-likeness (QED) is 0.717. The van der Waals surface area contributed by atoms with Crippen LogP contribution in [0, 0.1) is 5.92 Å². The van der Waals surface area contributed by atoms with E-state index in [1.54, 1.807) is 0 Å². The molecule has 0 bridgehead atoms. The van der Waals surface area contributed by atoms with Gasteiger partial charge in [0.1, 0.15) is 5.75 Å². The van der Waals surface area contributed by atoms with Crippen LogP contribution in [0.15, 0.2) is 42.5 Å². The number of amides is 1. The van der Waals surface area contributed by atoms with Crippen molar-refractivity contribution in [3.63, 3.8) is 0 Å². The summed E-state index contributed by atoms with van der Waals surface area (Å²) in [7, 11) is 0. The lowest BCUT2D eigenvalue weighted by molar-refractivity contribution is -0.00288. The third-order valence-electron chi connectivity index (χ3n) is 7.14. The van der Waals surface area contributed by atoms with Crippen LogP contribution in [0.3, 0.4) is 0 Å². The number of carbonyl (C=O) groups is 1. The number of benzene rings is 2. The molecule has 0 aliphatic carbocycles. The molecule has 2 fully saturated rings. The maximum absolute atomic E-state index is 13.0. The van der Waals surface area contributed by atoms with Gasteiger partial charge in [-0.1, -0.05) is 18.2 Å². The number of ether oxygens (including phenoxy) is 3. The standard InChI is InChI=1S/C24H26N2O4/c27-24(30-18-6-2-1-3-7-18)26-9-4-5-17-14-25-10-8-16-11-22-23(29-15-28-22)12-19(16)21(25)13-20(17)26/h1-3,6-7,11-12,17,20-21H,4-5,8-10,13-15H2. The van der Waals surface area contributed by atoms with Gasteiger partial charge in [-0.15, -0.1) is 0 Å². The number of likely N-dealkylation sites (tertiary alicyclic amines) is 1. The highest BCUT2D eigenvalue weighted by atomic mass is 16.7. The SMILES string of the molecule is O=C(Oc1ccccc1)N1CCCC2CN3CCc4cc5c(cc4C3CC21)OCO5. The van der Waals surface area contributed by atoms with Crippen molar-refractivity contribution in [2.24, 2.45) is 5.92 Å². The molecule has 0 saturated carbocycles. The Labute approximate surface area is 176 Å². The van der Waals surface area contributed by atoms with Crippen molar-refractivity contribution < 1.29 is 19.0 Å². The molecule has 0 aromatic heterocycles. The fourth-order valence-corrected chi connectivity index (χ4v) is 5.71. The van der Waals surface area contributed by atoms with Crippen molar-refractivity contribution in [1.82, 2.24) is 9.80 Å². The summed E-state index contributed by atoms with van der Waals surface area (Å²) >= 11 is 0. The molecule has 30 heavy (non-hydrogen) atoms. The Morgan fingerprint density at radius 3 is 2.77 bits per heavy atom. The van der Waals surface area contributed by atoms with Crippen LogP contribution >= 0.6 is 0 Å². The Kier molecular flexibility index (Phi) is 4.34. The molecule has 156 valence electrons. The van der Waals surface area contributed by atoms with E-state index in [-0.39, 0.29) is 12.1 Å². The number of piperidine rings is 2. The monoisotopic (exact) mass is 406 g/mol. The summed E-state index contributed by atoms with van der Waals surface area (Å²) in [5.74, 6) is 2.83. The third-order valence-corrected chi connectivity index (χ3v) is 7.14. The number of rotatable bonds is 1. The molecule has 6 rings (SSSR count). The minimum absolute atomic E-state index is 0.215. The maximum Gasteiger partial charge on any atom is 0.415 e. The number of fused-ring (bicyclic) bond motifs is 5. The smallest absolute Gasteiger partial charge is 0.415 e. The lowest BCUT2D eigenvalue weighted by atomic mass is 9.76. The Bertz CT molecular complexity index is 963. The largest absolute Gasteiger partial charge is 0.454 e. The van der Waals surface area contributed by atoms with Crippen molar-refractivity contribution in [3.8, 4) is 17.2 Å². The molecule has 4 aliphatic rings. The number of carbonyl (C=O) groups excluding carboxylic acids is 1. The maximum atomic E-state index is 13.0. The molecular weight excluding hydrogens is 380 g/mol. The van der Waals surface area contributed by atoms with Gasteiger partial charge < -0.3 is 19.1 Å². The van der Waals surface area contributed by atoms with E-state index >= 15 is 0 Å². The molecule has 1 amide bonds. The number of hydrogen-bond acceptors (Lipinski definition) is 5. The van der Waals surface area contributed by atoms with Crippen molar-refractivity contribution in [3.05, 3.63) is 53.6 Å². The van der Waals surface area contributed by atoms with Crippen LogP contribution in [0.25, 0.3) is 0 Å². The molecule has 0 spiro atoms. The van der Waals surface area contributed by atoms with E-state index < -0.39 is 0 Å². The minimum Gasteiger partial charge on any atom is -0.454 e. The second kappa shape index (κ2) is 7.20. The summed E-state index contributed by atoms with van der Waals surface area (Å²) in [5, 5.41) is 0. The first kappa shape index (κ1) is 18.1. The van der Waals surface area contributed by atoms with Gasteiger partial charge in [0.05, 0.1) is 0 Å². The van der Waals surface area contributed by atoms with Crippen LogP contribution in [-0.4, -0.2) is 48.4 Å². The van der Waals surface area contributed by atoms with E-state index in [9.17, 15) is 4.79 Å². The zero-order valence-electron chi connectivity index (χ0n) is 17.0. The van der Waals surface area contributed by atoms with Crippen molar-refractivity contribution in [1.29, 1.82) is 0 Å². The molecule has 2 aromatic carbocycles. The highest BCUT2D eigenvalue weighted by Crippen LogP contribution is 2.46. The first-order chi connectivity index (χ1) is 14.8. The van der Waals surface area contributed by atoms with E-state index in [2.05, 4.69) is 17.0 Å². The number of hydrogen-bond donors (Lipinski definition) is 0. The Morgan fingerprint density at radius 2 is 1.90 bits per heavy atom. The highest BCUT2D eigenvalue weighted by Gasteiger charge is 2.44. The predicted molar refractivity (Wildman–Crippen MR) is 111 cm³/mol. The Hall–Kier alpha value is -2.73. The third kappa shape index (κ3) is 3.01. The summed E-state index contributed by atoms with van der Waals surface area (Å²) in [4.78, 5) is 17.6. The van der Waals surface area contributed by atoms with Crippen LogP contribution in [0.4, 0.5) is 4.79 Å². The summed E-state index contributed by atoms with van der Waals surface area (Å²) in [6.07, 6.45) is 3.99. The van der Waals surface area contributed by atoms with E-state index in [0.717, 1.165) is 50.4 Å². The molecule has 2 saturated heterocycles. The van der Waals surface area contributed by atoms with Crippen LogP contribution in [0.1, 0.15) is 36.4 Å². The summed E-state index contributed by atoms with van der Waals surface area (Å²) in [6.45, 7) is 3.18. The van der Waals surface area contributed by atoms with Crippen molar-refractivity contribution in [2.75, 3.05) is 26.4 Å². The minimum atomic E-state index is -0.217. The summed E-state index contributed by atoms with van der Waals surface area (Å²) < 4.78 is 16.9. The molecule has 0 N–H and O–H groups in total. The zero-order chi connectivity index (χ0) is 20.1. The van der Waals surface area contributed by atoms with Crippen molar-refractivity contribution in [2.45, 2.75) is 37.8 Å². The van der Waals surface area contributed by atoms with Crippen LogP contribution < -0.4 is 14.2 Å². The second-order valence-electron chi connectivity index (χ2n) is 8.74. The fourth-order valence-electron chi connectivity index (χ4n) is 5.71. The van der Waals surface area contributed by atoms with Gasteiger partial charge in [0, 0.05) is 31.7 Å². The lowest BCUT2D eigenvalue weighted by Gasteiger charge is -2.51. The molecule has 6 nitrogen and oxygen atoms in total. The van der Waals surface area contributed by atoms with E-state index in [1.165, 1.54) is 17.5 Å². The second-order valence-corrected chi connectivity index (χ2v) is 8.74. The van der Waals surface area contributed by atoms with Gasteiger partial charge >= 0.3 is 6.09 Å². The molecule has 0 radical (unpaired) electrons.